The van der Waals surface area contributed by atoms with Crippen molar-refractivity contribution in [3.8, 4) is 17.2 Å². The zero-order valence-electron chi connectivity index (χ0n) is 17.8. The summed E-state index contributed by atoms with van der Waals surface area (Å²) in [7, 11) is -2.20. The van der Waals surface area contributed by atoms with Crippen LogP contribution in [0.15, 0.2) is 71.6 Å². The molecule has 3 aromatic rings. The van der Waals surface area contributed by atoms with E-state index in [1.165, 1.54) is 18.2 Å². The van der Waals surface area contributed by atoms with Crippen LogP contribution in [0.1, 0.15) is 24.2 Å². The van der Waals surface area contributed by atoms with E-state index in [4.69, 9.17) is 21.1 Å². The Morgan fingerprint density at radius 3 is 2.25 bits per heavy atom. The molecule has 0 bridgehead atoms. The maximum absolute atomic E-state index is 12.7. The molecular weight excluding hydrogens is 452 g/mol. The van der Waals surface area contributed by atoms with Crippen molar-refractivity contribution in [2.75, 3.05) is 12.4 Å². The van der Waals surface area contributed by atoms with Crippen molar-refractivity contribution in [1.29, 1.82) is 0 Å². The van der Waals surface area contributed by atoms with Crippen molar-refractivity contribution in [2.45, 2.75) is 24.8 Å². The van der Waals surface area contributed by atoms with Gasteiger partial charge in [0.25, 0.3) is 5.91 Å². The molecule has 0 heterocycles. The molecule has 32 heavy (non-hydrogen) atoms. The van der Waals surface area contributed by atoms with Crippen LogP contribution in [-0.4, -0.2) is 27.5 Å². The van der Waals surface area contributed by atoms with Gasteiger partial charge >= 0.3 is 0 Å². The number of anilines is 1. The third-order valence-electron chi connectivity index (χ3n) is 4.29. The fourth-order valence-electron chi connectivity index (χ4n) is 2.86. The Hall–Kier alpha value is -3.07. The fraction of sp³-hybridized carbons (Fsp3) is 0.174. The Morgan fingerprint density at radius 1 is 0.969 bits per heavy atom. The second-order valence-corrected chi connectivity index (χ2v) is 9.27. The molecule has 0 radical (unpaired) electrons. The van der Waals surface area contributed by atoms with Gasteiger partial charge in [-0.2, -0.15) is 0 Å². The summed E-state index contributed by atoms with van der Waals surface area (Å²) >= 11 is 6.15. The highest BCUT2D eigenvalue weighted by Gasteiger charge is 2.19. The van der Waals surface area contributed by atoms with Gasteiger partial charge in [-0.1, -0.05) is 23.7 Å². The predicted molar refractivity (Wildman–Crippen MR) is 124 cm³/mol. The third kappa shape index (κ3) is 5.79. The summed E-state index contributed by atoms with van der Waals surface area (Å²) in [6.45, 7) is 3.42. The second-order valence-electron chi connectivity index (χ2n) is 7.15. The molecule has 0 spiro atoms. The van der Waals surface area contributed by atoms with Crippen LogP contribution in [0, 0.1) is 0 Å². The smallest absolute Gasteiger partial charge is 0.257 e. The first-order valence-corrected chi connectivity index (χ1v) is 11.6. The van der Waals surface area contributed by atoms with Gasteiger partial charge in [0.15, 0.2) is 11.5 Å². The van der Waals surface area contributed by atoms with Crippen LogP contribution in [0.5, 0.6) is 17.2 Å². The van der Waals surface area contributed by atoms with E-state index in [0.29, 0.717) is 22.9 Å². The van der Waals surface area contributed by atoms with E-state index in [2.05, 4.69) is 10.0 Å². The second kappa shape index (κ2) is 10.0. The third-order valence-corrected chi connectivity index (χ3v) is 6.28. The standard InChI is InChI=1S/C23H23ClN2O5S/c1-15(2)26-32(28,29)18-12-13-20(24)19(14-18)23(27)25-16-8-10-17(11-9-16)31-22-7-5-4-6-21(22)30-3/h4-15,26H,1-3H3,(H,25,27). The zero-order valence-corrected chi connectivity index (χ0v) is 19.3. The van der Waals surface area contributed by atoms with E-state index in [-0.39, 0.29) is 21.5 Å². The van der Waals surface area contributed by atoms with Gasteiger partial charge in [0.2, 0.25) is 10.0 Å². The molecule has 3 aromatic carbocycles. The van der Waals surface area contributed by atoms with E-state index in [9.17, 15) is 13.2 Å². The van der Waals surface area contributed by atoms with E-state index in [1.54, 1.807) is 57.4 Å². The molecule has 0 atom stereocenters. The van der Waals surface area contributed by atoms with Gasteiger partial charge in [0.05, 0.1) is 22.6 Å². The van der Waals surface area contributed by atoms with E-state index >= 15 is 0 Å². The lowest BCUT2D eigenvalue weighted by Crippen LogP contribution is -2.30. The van der Waals surface area contributed by atoms with Crippen LogP contribution in [0.2, 0.25) is 5.02 Å². The molecule has 1 amide bonds. The minimum absolute atomic E-state index is 0.0405. The number of para-hydroxylation sites is 2. The minimum atomic E-state index is -3.76. The first-order valence-electron chi connectivity index (χ1n) is 9.74. The van der Waals surface area contributed by atoms with Crippen LogP contribution in [-0.2, 0) is 10.0 Å². The number of hydrogen-bond donors (Lipinski definition) is 2. The van der Waals surface area contributed by atoms with Gasteiger partial charge < -0.3 is 14.8 Å². The van der Waals surface area contributed by atoms with Crippen molar-refractivity contribution in [2.24, 2.45) is 0 Å². The number of ether oxygens (including phenoxy) is 2. The summed E-state index contributed by atoms with van der Waals surface area (Å²) < 4.78 is 38.4. The van der Waals surface area contributed by atoms with Crippen LogP contribution >= 0.6 is 11.6 Å². The maximum Gasteiger partial charge on any atom is 0.257 e. The number of nitrogens with one attached hydrogen (secondary N) is 2. The lowest BCUT2D eigenvalue weighted by atomic mass is 10.2. The molecule has 0 aliphatic carbocycles. The number of rotatable bonds is 8. The number of methoxy groups -OCH3 is 1. The molecule has 3 rings (SSSR count). The summed E-state index contributed by atoms with van der Waals surface area (Å²) in [5.74, 6) is 1.18. The van der Waals surface area contributed by atoms with E-state index < -0.39 is 15.9 Å². The molecule has 0 aliphatic heterocycles. The minimum Gasteiger partial charge on any atom is -0.493 e. The molecule has 0 fully saturated rings. The number of halogens is 1. The molecule has 7 nitrogen and oxygen atoms in total. The summed E-state index contributed by atoms with van der Waals surface area (Å²) in [5.41, 5.74) is 0.541. The highest BCUT2D eigenvalue weighted by atomic mass is 35.5. The van der Waals surface area contributed by atoms with Gasteiger partial charge in [-0.3, -0.25) is 4.79 Å². The molecule has 0 aromatic heterocycles. The Bertz CT molecular complexity index is 1210. The molecule has 9 heteroatoms. The van der Waals surface area contributed by atoms with Crippen LogP contribution < -0.4 is 19.5 Å². The Morgan fingerprint density at radius 2 is 1.62 bits per heavy atom. The number of sulfonamides is 1. The lowest BCUT2D eigenvalue weighted by molar-refractivity contribution is 0.102. The first kappa shape index (κ1) is 23.6. The molecule has 0 aliphatic rings. The highest BCUT2D eigenvalue weighted by molar-refractivity contribution is 7.89. The van der Waals surface area contributed by atoms with Gasteiger partial charge in [0, 0.05) is 11.7 Å². The van der Waals surface area contributed by atoms with Crippen LogP contribution in [0.3, 0.4) is 0 Å². The Labute approximate surface area is 192 Å². The Balaban J connectivity index is 1.75. The van der Waals surface area contributed by atoms with Crippen molar-refractivity contribution in [1.82, 2.24) is 4.72 Å². The monoisotopic (exact) mass is 474 g/mol. The molecule has 0 unspecified atom stereocenters. The number of benzene rings is 3. The van der Waals surface area contributed by atoms with E-state index in [0.717, 1.165) is 0 Å². The summed E-state index contributed by atoms with van der Waals surface area (Å²) in [6.07, 6.45) is 0. The molecule has 0 saturated carbocycles. The summed E-state index contributed by atoms with van der Waals surface area (Å²) in [4.78, 5) is 12.7. The number of carbonyl (C=O) groups is 1. The SMILES string of the molecule is COc1ccccc1Oc1ccc(NC(=O)c2cc(S(=O)(=O)NC(C)C)ccc2Cl)cc1. The van der Waals surface area contributed by atoms with Gasteiger partial charge in [-0.05, 0) is 68.4 Å². The average molecular weight is 475 g/mol. The lowest BCUT2D eigenvalue weighted by Gasteiger charge is -2.13. The van der Waals surface area contributed by atoms with Crippen molar-refractivity contribution < 1.29 is 22.7 Å². The molecular formula is C23H23ClN2O5S. The highest BCUT2D eigenvalue weighted by Crippen LogP contribution is 2.31. The number of hydrogen-bond acceptors (Lipinski definition) is 5. The van der Waals surface area contributed by atoms with E-state index in [1.807, 2.05) is 12.1 Å². The fourth-order valence-corrected chi connectivity index (χ4v) is 4.34. The Kier molecular flexibility index (Phi) is 7.40. The van der Waals surface area contributed by atoms with Crippen LogP contribution in [0.25, 0.3) is 0 Å². The summed E-state index contributed by atoms with van der Waals surface area (Å²) in [6, 6.07) is 17.7. The summed E-state index contributed by atoms with van der Waals surface area (Å²) in [5, 5.41) is 2.85. The molecule has 0 saturated heterocycles. The van der Waals surface area contributed by atoms with Crippen LogP contribution in [0.4, 0.5) is 5.69 Å². The van der Waals surface area contributed by atoms with Crippen molar-refractivity contribution >= 4 is 33.2 Å². The largest absolute Gasteiger partial charge is 0.493 e. The quantitative estimate of drug-likeness (QED) is 0.474. The van der Waals surface area contributed by atoms with Gasteiger partial charge in [-0.25, -0.2) is 13.1 Å². The predicted octanol–water partition coefficient (Wildman–Crippen LogP) is 5.08. The van der Waals surface area contributed by atoms with Gasteiger partial charge in [0.1, 0.15) is 5.75 Å². The number of carbonyl (C=O) groups excluding carboxylic acids is 1. The molecule has 168 valence electrons. The first-order chi connectivity index (χ1) is 15.2. The van der Waals surface area contributed by atoms with Gasteiger partial charge in [-0.15, -0.1) is 0 Å². The number of amides is 1. The average Bonchev–Trinajstić information content (AvgIpc) is 2.74. The van der Waals surface area contributed by atoms with Crippen molar-refractivity contribution in [3.63, 3.8) is 0 Å². The normalized spacial score (nSPS) is 11.3. The molecule has 2 N–H and O–H groups in total. The zero-order chi connectivity index (χ0) is 23.3. The van der Waals surface area contributed by atoms with Crippen molar-refractivity contribution in [3.05, 3.63) is 77.3 Å². The topological polar surface area (TPSA) is 93.7 Å². The maximum atomic E-state index is 12.7.